The summed E-state index contributed by atoms with van der Waals surface area (Å²) in [6.45, 7) is 2.01. The molecule has 1 aliphatic carbocycles. The highest BCUT2D eigenvalue weighted by Crippen LogP contribution is 2.51. The molecule has 98 valence electrons. The summed E-state index contributed by atoms with van der Waals surface area (Å²) in [5.74, 6) is -0.718. The van der Waals surface area contributed by atoms with Crippen LogP contribution in [0.3, 0.4) is 0 Å². The van der Waals surface area contributed by atoms with Crippen molar-refractivity contribution in [3.8, 4) is 5.69 Å². The van der Waals surface area contributed by atoms with Crippen LogP contribution in [0.15, 0.2) is 36.5 Å². The molecule has 0 aliphatic heterocycles. The van der Waals surface area contributed by atoms with Gasteiger partial charge in [0.2, 0.25) is 0 Å². The lowest BCUT2D eigenvalue weighted by Crippen LogP contribution is -2.13. The Morgan fingerprint density at radius 2 is 2.00 bits per heavy atom. The zero-order valence-corrected chi connectivity index (χ0v) is 10.8. The Kier molecular flexibility index (Phi) is 2.66. The van der Waals surface area contributed by atoms with Crippen LogP contribution in [-0.4, -0.2) is 20.9 Å². The molecule has 2 aromatic rings. The Morgan fingerprint density at radius 1 is 1.32 bits per heavy atom. The van der Waals surface area contributed by atoms with Crippen LogP contribution in [0.25, 0.3) is 5.69 Å². The van der Waals surface area contributed by atoms with Crippen molar-refractivity contribution in [1.82, 2.24) is 9.78 Å². The highest BCUT2D eigenvalue weighted by molar-refractivity contribution is 5.70. The molecule has 1 aliphatic rings. The number of carbonyl (C=O) groups is 1. The van der Waals surface area contributed by atoms with Crippen molar-refractivity contribution < 1.29 is 9.90 Å². The van der Waals surface area contributed by atoms with E-state index in [1.54, 1.807) is 6.20 Å². The maximum absolute atomic E-state index is 10.9. The SMILES string of the molecule is Cc1ccnn1-c1ccc(C2(CC(=O)O)CC2)cc1. The zero-order chi connectivity index (χ0) is 13.5. The minimum absolute atomic E-state index is 0.122. The van der Waals surface area contributed by atoms with E-state index < -0.39 is 5.97 Å². The molecule has 1 N–H and O–H groups in total. The molecule has 4 heteroatoms. The molecule has 1 aromatic heterocycles. The van der Waals surface area contributed by atoms with Gasteiger partial charge in [-0.2, -0.15) is 5.10 Å². The van der Waals surface area contributed by atoms with E-state index in [1.165, 1.54) is 0 Å². The van der Waals surface area contributed by atoms with Crippen molar-refractivity contribution in [2.24, 2.45) is 0 Å². The van der Waals surface area contributed by atoms with Crippen LogP contribution in [0.1, 0.15) is 30.5 Å². The third-order valence-electron chi connectivity index (χ3n) is 3.90. The summed E-state index contributed by atoms with van der Waals surface area (Å²) in [5.41, 5.74) is 3.10. The van der Waals surface area contributed by atoms with Crippen molar-refractivity contribution in [2.75, 3.05) is 0 Å². The fourth-order valence-electron chi connectivity index (χ4n) is 2.60. The van der Waals surface area contributed by atoms with Crippen molar-refractivity contribution in [3.63, 3.8) is 0 Å². The molecule has 0 amide bonds. The molecule has 0 radical (unpaired) electrons. The Bertz CT molecular complexity index is 609. The van der Waals surface area contributed by atoms with E-state index in [-0.39, 0.29) is 11.8 Å². The van der Waals surface area contributed by atoms with E-state index in [2.05, 4.69) is 5.10 Å². The Hall–Kier alpha value is -2.10. The van der Waals surface area contributed by atoms with E-state index in [0.717, 1.165) is 29.8 Å². The number of aryl methyl sites for hydroxylation is 1. The smallest absolute Gasteiger partial charge is 0.304 e. The molecular formula is C15H16N2O2. The molecular weight excluding hydrogens is 240 g/mol. The van der Waals surface area contributed by atoms with Gasteiger partial charge in [-0.05, 0) is 43.5 Å². The van der Waals surface area contributed by atoms with Gasteiger partial charge >= 0.3 is 5.97 Å². The van der Waals surface area contributed by atoms with Gasteiger partial charge in [-0.3, -0.25) is 4.79 Å². The summed E-state index contributed by atoms with van der Waals surface area (Å²) < 4.78 is 1.88. The first-order chi connectivity index (χ1) is 9.11. The van der Waals surface area contributed by atoms with Crippen molar-refractivity contribution in [3.05, 3.63) is 47.8 Å². The lowest BCUT2D eigenvalue weighted by atomic mass is 9.92. The van der Waals surface area contributed by atoms with E-state index in [9.17, 15) is 4.79 Å². The van der Waals surface area contributed by atoms with Crippen molar-refractivity contribution in [1.29, 1.82) is 0 Å². The Morgan fingerprint density at radius 3 is 2.47 bits per heavy atom. The Balaban J connectivity index is 1.88. The fraction of sp³-hybridized carbons (Fsp3) is 0.333. The number of benzene rings is 1. The van der Waals surface area contributed by atoms with Gasteiger partial charge in [0.25, 0.3) is 0 Å². The molecule has 1 fully saturated rings. The normalized spacial score (nSPS) is 16.3. The van der Waals surface area contributed by atoms with E-state index in [1.807, 2.05) is 41.9 Å². The number of nitrogens with zero attached hydrogens (tertiary/aromatic N) is 2. The van der Waals surface area contributed by atoms with Crippen molar-refractivity contribution in [2.45, 2.75) is 31.6 Å². The second-order valence-electron chi connectivity index (χ2n) is 5.28. The van der Waals surface area contributed by atoms with Crippen LogP contribution < -0.4 is 0 Å². The summed E-state index contributed by atoms with van der Waals surface area (Å²) in [5, 5.41) is 13.2. The predicted octanol–water partition coefficient (Wildman–Crippen LogP) is 2.69. The number of carboxylic acids is 1. The van der Waals surface area contributed by atoms with Crippen LogP contribution >= 0.6 is 0 Å². The van der Waals surface area contributed by atoms with Crippen LogP contribution in [0.2, 0.25) is 0 Å². The van der Waals surface area contributed by atoms with Gasteiger partial charge in [0.05, 0.1) is 12.1 Å². The second kappa shape index (κ2) is 4.23. The van der Waals surface area contributed by atoms with Gasteiger partial charge < -0.3 is 5.11 Å². The maximum atomic E-state index is 10.9. The van der Waals surface area contributed by atoms with Crippen LogP contribution in [0, 0.1) is 6.92 Å². The average Bonchev–Trinajstić information content (AvgIpc) is 3.02. The van der Waals surface area contributed by atoms with E-state index in [4.69, 9.17) is 5.11 Å². The molecule has 0 unspecified atom stereocenters. The first-order valence-corrected chi connectivity index (χ1v) is 6.44. The van der Waals surface area contributed by atoms with Gasteiger partial charge in [0, 0.05) is 17.3 Å². The van der Waals surface area contributed by atoms with Crippen LogP contribution in [0.5, 0.6) is 0 Å². The number of rotatable bonds is 4. The molecule has 1 aromatic carbocycles. The van der Waals surface area contributed by atoms with Gasteiger partial charge in [-0.25, -0.2) is 4.68 Å². The predicted molar refractivity (Wildman–Crippen MR) is 71.5 cm³/mol. The molecule has 19 heavy (non-hydrogen) atoms. The molecule has 1 saturated carbocycles. The standard InChI is InChI=1S/C15H16N2O2/c1-11-6-9-16-17(11)13-4-2-12(3-5-13)15(7-8-15)10-14(18)19/h2-6,9H,7-8,10H2,1H3,(H,18,19). The second-order valence-corrected chi connectivity index (χ2v) is 5.28. The third-order valence-corrected chi connectivity index (χ3v) is 3.90. The summed E-state index contributed by atoms with van der Waals surface area (Å²) in [6.07, 6.45) is 3.95. The quantitative estimate of drug-likeness (QED) is 0.915. The minimum Gasteiger partial charge on any atom is -0.481 e. The van der Waals surface area contributed by atoms with E-state index >= 15 is 0 Å². The lowest BCUT2D eigenvalue weighted by molar-refractivity contribution is -0.137. The summed E-state index contributed by atoms with van der Waals surface area (Å²) in [7, 11) is 0. The third kappa shape index (κ3) is 2.14. The molecule has 3 rings (SSSR count). The first kappa shape index (κ1) is 12.0. The molecule has 0 spiro atoms. The fourth-order valence-corrected chi connectivity index (χ4v) is 2.60. The Labute approximate surface area is 111 Å². The lowest BCUT2D eigenvalue weighted by Gasteiger charge is -2.14. The maximum Gasteiger partial charge on any atom is 0.304 e. The van der Waals surface area contributed by atoms with Gasteiger partial charge in [0.15, 0.2) is 0 Å². The first-order valence-electron chi connectivity index (χ1n) is 6.44. The summed E-state index contributed by atoms with van der Waals surface area (Å²) >= 11 is 0. The summed E-state index contributed by atoms with van der Waals surface area (Å²) in [6, 6.07) is 10.0. The average molecular weight is 256 g/mol. The molecule has 4 nitrogen and oxygen atoms in total. The van der Waals surface area contributed by atoms with Crippen molar-refractivity contribution >= 4 is 5.97 Å². The number of carboxylic acid groups (broad SMARTS) is 1. The van der Waals surface area contributed by atoms with Crippen LogP contribution in [0.4, 0.5) is 0 Å². The minimum atomic E-state index is -0.718. The number of aliphatic carboxylic acids is 1. The molecule has 0 saturated heterocycles. The number of aromatic nitrogens is 2. The molecule has 0 atom stereocenters. The largest absolute Gasteiger partial charge is 0.481 e. The van der Waals surface area contributed by atoms with Gasteiger partial charge in [-0.15, -0.1) is 0 Å². The van der Waals surface area contributed by atoms with E-state index in [0.29, 0.717) is 0 Å². The highest BCUT2D eigenvalue weighted by Gasteiger charge is 2.45. The topological polar surface area (TPSA) is 55.1 Å². The van der Waals surface area contributed by atoms with Crippen LogP contribution in [-0.2, 0) is 10.2 Å². The monoisotopic (exact) mass is 256 g/mol. The number of hydrogen-bond acceptors (Lipinski definition) is 2. The van der Waals surface area contributed by atoms with Gasteiger partial charge in [-0.1, -0.05) is 12.1 Å². The number of hydrogen-bond donors (Lipinski definition) is 1. The van der Waals surface area contributed by atoms with Gasteiger partial charge in [0.1, 0.15) is 0 Å². The highest BCUT2D eigenvalue weighted by atomic mass is 16.4. The zero-order valence-electron chi connectivity index (χ0n) is 10.8. The molecule has 1 heterocycles. The molecule has 0 bridgehead atoms. The summed E-state index contributed by atoms with van der Waals surface area (Å²) in [4.78, 5) is 10.9.